The van der Waals surface area contributed by atoms with Crippen LogP contribution in [0, 0.1) is 12.3 Å². The molecule has 0 bridgehead atoms. The van der Waals surface area contributed by atoms with Crippen LogP contribution in [-0.2, 0) is 23.8 Å². The summed E-state index contributed by atoms with van der Waals surface area (Å²) in [7, 11) is -3.64. The zero-order valence-corrected chi connectivity index (χ0v) is 20.0. The highest BCUT2D eigenvalue weighted by Gasteiger charge is 2.68. The van der Waals surface area contributed by atoms with E-state index in [1.54, 1.807) is 26.8 Å². The average Bonchev–Trinajstić information content (AvgIpc) is 3.18. The summed E-state index contributed by atoms with van der Waals surface area (Å²) in [6, 6.07) is 2.44. The standard InChI is InChI=1S/C19H26BrN3O6S/c1-11-6-7-14(20)21-15(11)22-16(24)12-8-19(10-28-30(5,26)27)9-13(19)23(12)17(25)29-18(2,3)4/h6-7,12-13H,8-10H2,1-5H3,(H,21,22,24). The van der Waals surface area contributed by atoms with E-state index in [0.717, 1.165) is 11.8 Å². The van der Waals surface area contributed by atoms with E-state index in [2.05, 4.69) is 26.2 Å². The number of pyridine rings is 1. The van der Waals surface area contributed by atoms with Gasteiger partial charge in [0, 0.05) is 11.5 Å². The van der Waals surface area contributed by atoms with Gasteiger partial charge >= 0.3 is 6.09 Å². The highest BCUT2D eigenvalue weighted by molar-refractivity contribution is 9.10. The van der Waals surface area contributed by atoms with Gasteiger partial charge in [-0.05, 0) is 68.1 Å². The molecule has 2 heterocycles. The Labute approximate surface area is 184 Å². The number of likely N-dealkylation sites (tertiary alicyclic amines) is 1. The second-order valence-corrected chi connectivity index (χ2v) is 11.4. The molecule has 1 N–H and O–H groups in total. The number of anilines is 1. The maximum atomic E-state index is 13.1. The van der Waals surface area contributed by atoms with Gasteiger partial charge in [-0.1, -0.05) is 6.07 Å². The molecule has 9 nitrogen and oxygen atoms in total. The molecule has 2 fully saturated rings. The third-order valence-corrected chi connectivity index (χ3v) is 6.18. The van der Waals surface area contributed by atoms with Gasteiger partial charge in [-0.2, -0.15) is 8.42 Å². The fraction of sp³-hybridized carbons (Fsp3) is 0.632. The highest BCUT2D eigenvalue weighted by Crippen LogP contribution is 2.60. The van der Waals surface area contributed by atoms with Crippen LogP contribution in [0.15, 0.2) is 16.7 Å². The third kappa shape index (κ3) is 5.12. The summed E-state index contributed by atoms with van der Waals surface area (Å²) in [4.78, 5) is 31.7. The predicted octanol–water partition coefficient (Wildman–Crippen LogP) is 2.84. The van der Waals surface area contributed by atoms with E-state index in [-0.39, 0.29) is 19.1 Å². The van der Waals surface area contributed by atoms with E-state index < -0.39 is 39.2 Å². The molecule has 1 saturated carbocycles. The molecule has 0 aromatic carbocycles. The lowest BCUT2D eigenvalue weighted by Crippen LogP contribution is -2.47. The molecular weight excluding hydrogens is 478 g/mol. The molecule has 166 valence electrons. The van der Waals surface area contributed by atoms with Crippen molar-refractivity contribution in [2.45, 2.75) is 58.2 Å². The summed E-state index contributed by atoms with van der Waals surface area (Å²) < 4.78 is 34.0. The second kappa shape index (κ2) is 7.76. The zero-order valence-electron chi connectivity index (χ0n) is 17.6. The van der Waals surface area contributed by atoms with Crippen LogP contribution in [0.25, 0.3) is 0 Å². The van der Waals surface area contributed by atoms with Crippen LogP contribution in [0.5, 0.6) is 0 Å². The van der Waals surface area contributed by atoms with Gasteiger partial charge in [-0.3, -0.25) is 13.9 Å². The maximum Gasteiger partial charge on any atom is 0.411 e. The number of rotatable bonds is 5. The van der Waals surface area contributed by atoms with E-state index in [1.807, 2.05) is 13.0 Å². The molecule has 1 aliphatic heterocycles. The molecule has 0 radical (unpaired) electrons. The Kier molecular flexibility index (Phi) is 5.94. The largest absolute Gasteiger partial charge is 0.444 e. The Balaban J connectivity index is 1.83. The minimum absolute atomic E-state index is 0.0757. The van der Waals surface area contributed by atoms with Gasteiger partial charge in [0.15, 0.2) is 0 Å². The summed E-state index contributed by atoms with van der Waals surface area (Å²) in [5.74, 6) is -0.0130. The first kappa shape index (κ1) is 23.0. The first-order valence-electron chi connectivity index (χ1n) is 9.50. The minimum atomic E-state index is -3.64. The van der Waals surface area contributed by atoms with Crippen molar-refractivity contribution in [2.24, 2.45) is 5.41 Å². The summed E-state index contributed by atoms with van der Waals surface area (Å²) in [6.45, 7) is 6.98. The maximum absolute atomic E-state index is 13.1. The van der Waals surface area contributed by atoms with Gasteiger partial charge in [-0.15, -0.1) is 0 Å². The number of aryl methyl sites for hydroxylation is 1. The van der Waals surface area contributed by atoms with Crippen molar-refractivity contribution >= 4 is 43.9 Å². The molecule has 30 heavy (non-hydrogen) atoms. The van der Waals surface area contributed by atoms with Gasteiger partial charge in [0.1, 0.15) is 22.1 Å². The predicted molar refractivity (Wildman–Crippen MR) is 113 cm³/mol. The van der Waals surface area contributed by atoms with Crippen LogP contribution < -0.4 is 5.32 Å². The van der Waals surface area contributed by atoms with E-state index in [1.165, 1.54) is 4.90 Å². The van der Waals surface area contributed by atoms with E-state index in [4.69, 9.17) is 8.92 Å². The highest BCUT2D eigenvalue weighted by atomic mass is 79.9. The van der Waals surface area contributed by atoms with Gasteiger partial charge in [0.05, 0.1) is 12.9 Å². The molecular formula is C19H26BrN3O6S. The van der Waals surface area contributed by atoms with Gasteiger partial charge in [0.25, 0.3) is 10.1 Å². The van der Waals surface area contributed by atoms with Crippen LogP contribution in [0.4, 0.5) is 10.6 Å². The Hall–Kier alpha value is -1.72. The number of fused-ring (bicyclic) bond motifs is 1. The van der Waals surface area contributed by atoms with E-state index in [9.17, 15) is 18.0 Å². The summed E-state index contributed by atoms with van der Waals surface area (Å²) in [5.41, 5.74) is -0.542. The number of carbonyl (C=O) groups excluding carboxylic acids is 2. The number of hydrogen-bond donors (Lipinski definition) is 1. The van der Waals surface area contributed by atoms with Crippen molar-refractivity contribution in [3.05, 3.63) is 22.3 Å². The molecule has 3 atom stereocenters. The zero-order chi connectivity index (χ0) is 22.5. The number of nitrogens with one attached hydrogen (secondary N) is 1. The Bertz CT molecular complexity index is 977. The van der Waals surface area contributed by atoms with Crippen LogP contribution in [0.2, 0.25) is 0 Å². The SMILES string of the molecule is Cc1ccc(Br)nc1NC(=O)C1CC2(COS(C)(=O)=O)CC2N1C(=O)OC(C)(C)C. The summed E-state index contributed by atoms with van der Waals surface area (Å²) in [5, 5.41) is 2.78. The molecule has 11 heteroatoms. The van der Waals surface area contributed by atoms with Crippen molar-refractivity contribution in [3.63, 3.8) is 0 Å². The monoisotopic (exact) mass is 503 g/mol. The number of carbonyl (C=O) groups is 2. The van der Waals surface area contributed by atoms with Gasteiger partial charge in [0.2, 0.25) is 5.91 Å². The first-order valence-corrected chi connectivity index (χ1v) is 12.1. The molecule has 3 unspecified atom stereocenters. The topological polar surface area (TPSA) is 115 Å². The lowest BCUT2D eigenvalue weighted by atomic mass is 10.0. The summed E-state index contributed by atoms with van der Waals surface area (Å²) in [6.07, 6.45) is 1.21. The molecule has 1 saturated heterocycles. The number of halogens is 1. The normalized spacial score (nSPS) is 25.6. The summed E-state index contributed by atoms with van der Waals surface area (Å²) >= 11 is 3.28. The molecule has 3 rings (SSSR count). The molecule has 2 amide bonds. The van der Waals surface area contributed by atoms with E-state index >= 15 is 0 Å². The van der Waals surface area contributed by atoms with Crippen LogP contribution >= 0.6 is 15.9 Å². The average molecular weight is 504 g/mol. The molecule has 2 aliphatic rings. The quantitative estimate of drug-likeness (QED) is 0.485. The van der Waals surface area contributed by atoms with Crippen molar-refractivity contribution < 1.29 is 26.9 Å². The molecule has 1 aliphatic carbocycles. The number of hydrogen-bond acceptors (Lipinski definition) is 7. The molecule has 1 aromatic heterocycles. The Morgan fingerprint density at radius 1 is 1.33 bits per heavy atom. The number of ether oxygens (including phenoxy) is 1. The first-order chi connectivity index (χ1) is 13.7. The lowest BCUT2D eigenvalue weighted by molar-refractivity contribution is -0.121. The lowest BCUT2D eigenvalue weighted by Gasteiger charge is -2.29. The van der Waals surface area contributed by atoms with Gasteiger partial charge < -0.3 is 10.1 Å². The second-order valence-electron chi connectivity index (χ2n) is 8.94. The van der Waals surface area contributed by atoms with Crippen LogP contribution in [0.1, 0.15) is 39.2 Å². The van der Waals surface area contributed by atoms with E-state index in [0.29, 0.717) is 16.8 Å². The van der Waals surface area contributed by atoms with Crippen molar-refractivity contribution in [1.29, 1.82) is 0 Å². The number of amides is 2. The third-order valence-electron chi connectivity index (χ3n) is 5.19. The van der Waals surface area contributed by atoms with Gasteiger partial charge in [-0.25, -0.2) is 9.78 Å². The van der Waals surface area contributed by atoms with Crippen molar-refractivity contribution in [3.8, 4) is 0 Å². The number of nitrogens with zero attached hydrogens (tertiary/aromatic N) is 2. The Morgan fingerprint density at radius 2 is 2.00 bits per heavy atom. The molecule has 0 spiro atoms. The fourth-order valence-electron chi connectivity index (χ4n) is 3.70. The Morgan fingerprint density at radius 3 is 2.60 bits per heavy atom. The number of aromatic nitrogens is 1. The minimum Gasteiger partial charge on any atom is -0.444 e. The van der Waals surface area contributed by atoms with Crippen molar-refractivity contribution in [1.82, 2.24) is 9.88 Å². The van der Waals surface area contributed by atoms with Crippen molar-refractivity contribution in [2.75, 3.05) is 18.2 Å². The fourth-order valence-corrected chi connectivity index (χ4v) is 4.46. The number of piperidine rings is 1. The van der Waals surface area contributed by atoms with Crippen LogP contribution in [0.3, 0.4) is 0 Å². The van der Waals surface area contributed by atoms with Crippen LogP contribution in [-0.4, -0.2) is 60.8 Å². The molecule has 1 aromatic rings. The smallest absolute Gasteiger partial charge is 0.411 e.